The molecule has 15 heavy (non-hydrogen) atoms. The van der Waals surface area contributed by atoms with Crippen LogP contribution in [0, 0.1) is 5.82 Å². The van der Waals surface area contributed by atoms with E-state index in [0.29, 0.717) is 11.8 Å². The quantitative estimate of drug-likeness (QED) is 0.557. The van der Waals surface area contributed by atoms with Crippen molar-refractivity contribution in [1.82, 2.24) is 0 Å². The Morgan fingerprint density at radius 2 is 2.13 bits per heavy atom. The summed E-state index contributed by atoms with van der Waals surface area (Å²) in [5, 5.41) is 0. The molecule has 80 valence electrons. The van der Waals surface area contributed by atoms with Gasteiger partial charge in [-0.2, -0.15) is 0 Å². The Labute approximate surface area is 89.6 Å². The highest BCUT2D eigenvalue weighted by atomic mass is 19.1. The van der Waals surface area contributed by atoms with Crippen molar-refractivity contribution in [3.63, 3.8) is 0 Å². The number of benzene rings is 1. The summed E-state index contributed by atoms with van der Waals surface area (Å²) in [5.41, 5.74) is 1.07. The molecule has 2 nitrogen and oxygen atoms in total. The Morgan fingerprint density at radius 1 is 1.47 bits per heavy atom. The van der Waals surface area contributed by atoms with Crippen LogP contribution < -0.4 is 5.46 Å². The van der Waals surface area contributed by atoms with E-state index in [9.17, 15) is 9.18 Å². The second-order valence-electron chi connectivity index (χ2n) is 3.72. The van der Waals surface area contributed by atoms with Gasteiger partial charge in [-0.25, -0.2) is 4.39 Å². The SMILES string of the molecule is CB(OC(C)C)c1ccc(F)cc1C=O. The molecule has 0 heterocycles. The fourth-order valence-corrected chi connectivity index (χ4v) is 1.50. The van der Waals surface area contributed by atoms with Gasteiger partial charge in [-0.15, -0.1) is 0 Å². The molecule has 0 radical (unpaired) electrons. The van der Waals surface area contributed by atoms with Crippen LogP contribution in [-0.2, 0) is 4.65 Å². The second kappa shape index (κ2) is 5.07. The zero-order valence-electron chi connectivity index (χ0n) is 9.16. The summed E-state index contributed by atoms with van der Waals surface area (Å²) in [5.74, 6) is -0.405. The third kappa shape index (κ3) is 3.17. The first-order valence-electron chi connectivity index (χ1n) is 4.94. The number of hydrogen-bond donors (Lipinski definition) is 0. The van der Waals surface area contributed by atoms with Gasteiger partial charge in [0.15, 0.2) is 0 Å². The van der Waals surface area contributed by atoms with Gasteiger partial charge in [0.25, 0.3) is 0 Å². The second-order valence-corrected chi connectivity index (χ2v) is 3.72. The molecule has 4 heteroatoms. The predicted octanol–water partition coefficient (Wildman–Crippen LogP) is 1.89. The zero-order chi connectivity index (χ0) is 11.4. The van der Waals surface area contributed by atoms with Gasteiger partial charge < -0.3 is 4.65 Å². The first-order chi connectivity index (χ1) is 7.04. The first-order valence-corrected chi connectivity index (χ1v) is 4.94. The maximum atomic E-state index is 12.9. The van der Waals surface area contributed by atoms with Gasteiger partial charge in [-0.1, -0.05) is 12.9 Å². The lowest BCUT2D eigenvalue weighted by Gasteiger charge is -2.14. The Kier molecular flexibility index (Phi) is 4.03. The molecule has 0 fully saturated rings. The molecule has 0 amide bonds. The molecule has 1 rings (SSSR count). The van der Waals surface area contributed by atoms with Crippen LogP contribution in [0.2, 0.25) is 6.82 Å². The highest BCUT2D eigenvalue weighted by Crippen LogP contribution is 2.03. The van der Waals surface area contributed by atoms with E-state index in [-0.39, 0.29) is 13.0 Å². The summed E-state index contributed by atoms with van der Waals surface area (Å²) >= 11 is 0. The van der Waals surface area contributed by atoms with Gasteiger partial charge in [-0.3, -0.25) is 4.79 Å². The Morgan fingerprint density at radius 3 is 2.67 bits per heavy atom. The molecule has 0 aliphatic heterocycles. The molecule has 0 aromatic heterocycles. The fourth-order valence-electron chi connectivity index (χ4n) is 1.50. The molecule has 0 aliphatic rings. The van der Waals surface area contributed by atoms with Crippen LogP contribution in [0.1, 0.15) is 24.2 Å². The van der Waals surface area contributed by atoms with Gasteiger partial charge in [0.2, 0.25) is 0 Å². The smallest absolute Gasteiger partial charge is 0.324 e. The number of hydrogen-bond acceptors (Lipinski definition) is 2. The minimum atomic E-state index is -0.405. The van der Waals surface area contributed by atoms with E-state index < -0.39 is 5.82 Å². The summed E-state index contributed by atoms with van der Waals surface area (Å²) < 4.78 is 18.4. The van der Waals surface area contributed by atoms with Crippen molar-refractivity contribution in [2.75, 3.05) is 0 Å². The van der Waals surface area contributed by atoms with Crippen molar-refractivity contribution < 1.29 is 13.8 Å². The molecular weight excluding hydrogens is 194 g/mol. The summed E-state index contributed by atoms with van der Waals surface area (Å²) in [6.07, 6.45) is 0.725. The fraction of sp³-hybridized carbons (Fsp3) is 0.364. The maximum Gasteiger partial charge on any atom is 0.324 e. The van der Waals surface area contributed by atoms with E-state index in [2.05, 4.69) is 0 Å². The molecule has 0 spiro atoms. The third-order valence-corrected chi connectivity index (χ3v) is 2.09. The van der Waals surface area contributed by atoms with Crippen LogP contribution in [0.4, 0.5) is 4.39 Å². The van der Waals surface area contributed by atoms with Crippen molar-refractivity contribution in [3.8, 4) is 0 Å². The predicted molar refractivity (Wildman–Crippen MR) is 59.3 cm³/mol. The van der Waals surface area contributed by atoms with Gasteiger partial charge in [0, 0.05) is 11.7 Å². The number of halogens is 1. The minimum absolute atomic E-state index is 0.0737. The van der Waals surface area contributed by atoms with E-state index in [1.165, 1.54) is 12.1 Å². The lowest BCUT2D eigenvalue weighted by Crippen LogP contribution is -2.35. The van der Waals surface area contributed by atoms with Crippen molar-refractivity contribution in [3.05, 3.63) is 29.6 Å². The molecule has 0 atom stereocenters. The number of carbonyl (C=O) groups is 1. The van der Waals surface area contributed by atoms with Crippen LogP contribution in [0.5, 0.6) is 0 Å². The minimum Gasteiger partial charge on any atom is -0.429 e. The van der Waals surface area contributed by atoms with E-state index >= 15 is 0 Å². The molecule has 0 saturated heterocycles. The monoisotopic (exact) mass is 208 g/mol. The van der Waals surface area contributed by atoms with E-state index in [1.807, 2.05) is 20.7 Å². The molecular formula is C11H14BFO2. The molecule has 1 aromatic carbocycles. The Hall–Kier alpha value is -1.16. The third-order valence-electron chi connectivity index (χ3n) is 2.09. The van der Waals surface area contributed by atoms with Crippen LogP contribution in [0.25, 0.3) is 0 Å². The Bertz CT molecular complexity index is 352. The van der Waals surface area contributed by atoms with Gasteiger partial charge >= 0.3 is 6.92 Å². The van der Waals surface area contributed by atoms with Gasteiger partial charge in [0.1, 0.15) is 12.1 Å². The summed E-state index contributed by atoms with van der Waals surface area (Å²) in [4.78, 5) is 10.7. The molecule has 0 aliphatic carbocycles. The highest BCUT2D eigenvalue weighted by molar-refractivity contribution is 6.67. The van der Waals surface area contributed by atoms with Gasteiger partial charge in [0.05, 0.1) is 0 Å². The average Bonchev–Trinajstić information content (AvgIpc) is 2.16. The first kappa shape index (κ1) is 11.9. The standard InChI is InChI=1S/C11H14BFO2/c1-8(2)15-12(3)11-5-4-10(13)6-9(11)7-14/h4-8H,1-3H3. The molecule has 0 N–H and O–H groups in total. The maximum absolute atomic E-state index is 12.9. The van der Waals surface area contributed by atoms with Crippen molar-refractivity contribution in [2.24, 2.45) is 0 Å². The largest absolute Gasteiger partial charge is 0.429 e. The van der Waals surface area contributed by atoms with Crippen LogP contribution in [-0.4, -0.2) is 19.3 Å². The summed E-state index contributed by atoms with van der Waals surface area (Å²) in [7, 11) is 0. The zero-order valence-corrected chi connectivity index (χ0v) is 9.16. The van der Waals surface area contributed by atoms with E-state index in [0.717, 1.165) is 5.46 Å². The number of aldehydes is 1. The van der Waals surface area contributed by atoms with Gasteiger partial charge in [-0.05, 0) is 31.4 Å². The number of rotatable bonds is 4. The lowest BCUT2D eigenvalue weighted by atomic mass is 9.62. The topological polar surface area (TPSA) is 26.3 Å². The van der Waals surface area contributed by atoms with E-state index in [1.54, 1.807) is 6.07 Å². The lowest BCUT2D eigenvalue weighted by molar-refractivity contribution is 0.112. The van der Waals surface area contributed by atoms with Crippen molar-refractivity contribution in [1.29, 1.82) is 0 Å². The number of carbonyl (C=O) groups excluding carboxylic acids is 1. The van der Waals surface area contributed by atoms with E-state index in [4.69, 9.17) is 4.65 Å². The van der Waals surface area contributed by atoms with Crippen LogP contribution in [0.15, 0.2) is 18.2 Å². The van der Waals surface area contributed by atoms with Crippen molar-refractivity contribution >= 4 is 18.7 Å². The van der Waals surface area contributed by atoms with Crippen LogP contribution >= 0.6 is 0 Å². The highest BCUT2D eigenvalue weighted by Gasteiger charge is 2.17. The molecule has 0 saturated carbocycles. The average molecular weight is 208 g/mol. The molecule has 1 aromatic rings. The molecule has 0 unspecified atom stereocenters. The van der Waals surface area contributed by atoms with Crippen molar-refractivity contribution in [2.45, 2.75) is 26.8 Å². The van der Waals surface area contributed by atoms with Crippen LogP contribution in [0.3, 0.4) is 0 Å². The normalized spacial score (nSPS) is 10.5. The summed E-state index contributed by atoms with van der Waals surface area (Å²) in [6.45, 7) is 5.48. The molecule has 0 bridgehead atoms. The Balaban J connectivity index is 2.97. The summed E-state index contributed by atoms with van der Waals surface area (Å²) in [6, 6.07) is 4.15.